The van der Waals surface area contributed by atoms with Crippen LogP contribution in [0.2, 0.25) is 5.02 Å². The molecular formula is C10H4Br3ClN2O. The van der Waals surface area contributed by atoms with Crippen molar-refractivity contribution in [3.8, 4) is 0 Å². The van der Waals surface area contributed by atoms with Gasteiger partial charge in [-0.1, -0.05) is 11.6 Å². The Labute approximate surface area is 128 Å². The van der Waals surface area contributed by atoms with Crippen LogP contribution in [0.3, 0.4) is 0 Å². The van der Waals surface area contributed by atoms with Gasteiger partial charge >= 0.3 is 0 Å². The summed E-state index contributed by atoms with van der Waals surface area (Å²) in [5, 5.41) is 0.589. The molecule has 88 valence electrons. The van der Waals surface area contributed by atoms with Gasteiger partial charge in [0.05, 0.1) is 0 Å². The van der Waals surface area contributed by atoms with Gasteiger partial charge in [-0.05, 0) is 72.1 Å². The third-order valence-electron chi connectivity index (χ3n) is 2.04. The van der Waals surface area contributed by atoms with E-state index in [0.29, 0.717) is 24.5 Å². The second-order valence-electron chi connectivity index (χ2n) is 3.11. The highest BCUT2D eigenvalue weighted by Gasteiger charge is 2.18. The SMILES string of the molecule is O=C(c1ccc(Cl)cc1)n1c(Br)nc(Br)c1Br. The predicted molar refractivity (Wildman–Crippen MR) is 76.5 cm³/mol. The molecule has 2 aromatic rings. The van der Waals surface area contributed by atoms with Crippen LogP contribution in [0.15, 0.2) is 38.2 Å². The molecule has 0 aliphatic heterocycles. The number of carbonyl (C=O) groups excluding carboxylic acids is 1. The minimum atomic E-state index is -0.196. The van der Waals surface area contributed by atoms with Gasteiger partial charge in [-0.2, -0.15) is 0 Å². The van der Waals surface area contributed by atoms with Crippen LogP contribution in [0.4, 0.5) is 0 Å². The molecule has 0 radical (unpaired) electrons. The standard InChI is InChI=1S/C10H4Br3ClN2O/c11-7-8(12)16(10(13)15-7)9(17)5-1-3-6(14)4-2-5/h1-4H. The average molecular weight is 443 g/mol. The van der Waals surface area contributed by atoms with Crippen LogP contribution in [-0.4, -0.2) is 15.5 Å². The topological polar surface area (TPSA) is 34.9 Å². The van der Waals surface area contributed by atoms with Crippen molar-refractivity contribution in [2.75, 3.05) is 0 Å². The smallest absolute Gasteiger partial charge is 0.264 e. The van der Waals surface area contributed by atoms with Gasteiger partial charge in [0.15, 0.2) is 4.73 Å². The van der Waals surface area contributed by atoms with Gasteiger partial charge < -0.3 is 0 Å². The summed E-state index contributed by atoms with van der Waals surface area (Å²) in [4.78, 5) is 16.3. The zero-order chi connectivity index (χ0) is 12.6. The summed E-state index contributed by atoms with van der Waals surface area (Å²) in [6, 6.07) is 6.67. The molecule has 0 amide bonds. The van der Waals surface area contributed by atoms with Crippen LogP contribution in [0.1, 0.15) is 10.4 Å². The Hall–Kier alpha value is -0.170. The van der Waals surface area contributed by atoms with E-state index in [-0.39, 0.29) is 5.91 Å². The van der Waals surface area contributed by atoms with Crippen LogP contribution in [0, 0.1) is 0 Å². The molecule has 0 saturated carbocycles. The van der Waals surface area contributed by atoms with Crippen molar-refractivity contribution in [2.45, 2.75) is 0 Å². The van der Waals surface area contributed by atoms with Gasteiger partial charge in [-0.3, -0.25) is 4.79 Å². The fourth-order valence-corrected chi connectivity index (χ4v) is 3.13. The molecule has 0 atom stereocenters. The quantitative estimate of drug-likeness (QED) is 0.650. The highest BCUT2D eigenvalue weighted by atomic mass is 79.9. The maximum atomic E-state index is 12.2. The van der Waals surface area contributed by atoms with E-state index in [1.54, 1.807) is 24.3 Å². The third kappa shape index (κ3) is 2.65. The van der Waals surface area contributed by atoms with Crippen molar-refractivity contribution in [1.29, 1.82) is 0 Å². The first-order chi connectivity index (χ1) is 8.00. The summed E-state index contributed by atoms with van der Waals surface area (Å²) < 4.78 is 2.96. The number of imidazole rings is 1. The fraction of sp³-hybridized carbons (Fsp3) is 0. The molecule has 0 aliphatic carbocycles. The minimum Gasteiger partial charge on any atom is -0.268 e. The van der Waals surface area contributed by atoms with Crippen molar-refractivity contribution in [1.82, 2.24) is 9.55 Å². The second kappa shape index (κ2) is 5.22. The molecule has 0 spiro atoms. The number of benzene rings is 1. The molecule has 1 heterocycles. The molecule has 3 nitrogen and oxygen atoms in total. The van der Waals surface area contributed by atoms with Crippen molar-refractivity contribution in [2.24, 2.45) is 0 Å². The summed E-state index contributed by atoms with van der Waals surface area (Å²) >= 11 is 15.5. The largest absolute Gasteiger partial charge is 0.268 e. The Morgan fingerprint density at radius 2 is 1.76 bits per heavy atom. The number of rotatable bonds is 1. The van der Waals surface area contributed by atoms with Gasteiger partial charge in [-0.25, -0.2) is 9.55 Å². The highest BCUT2D eigenvalue weighted by molar-refractivity contribution is 9.13. The van der Waals surface area contributed by atoms with Crippen LogP contribution in [0.25, 0.3) is 0 Å². The van der Waals surface area contributed by atoms with Crippen LogP contribution in [0.5, 0.6) is 0 Å². The van der Waals surface area contributed by atoms with E-state index in [4.69, 9.17) is 11.6 Å². The average Bonchev–Trinajstić information content (AvgIpc) is 2.53. The molecule has 1 aromatic heterocycles. The van der Waals surface area contributed by atoms with E-state index in [1.165, 1.54) is 4.57 Å². The molecule has 0 bridgehead atoms. The van der Waals surface area contributed by atoms with E-state index in [2.05, 4.69) is 52.8 Å². The van der Waals surface area contributed by atoms with E-state index in [1.807, 2.05) is 0 Å². The number of nitrogens with zero attached hydrogens (tertiary/aromatic N) is 2. The Kier molecular flexibility index (Phi) is 4.07. The normalized spacial score (nSPS) is 10.6. The number of aromatic nitrogens is 2. The Balaban J connectivity index is 2.47. The monoisotopic (exact) mass is 440 g/mol. The first kappa shape index (κ1) is 13.3. The van der Waals surface area contributed by atoms with Gasteiger partial charge in [0.2, 0.25) is 0 Å². The predicted octanol–water partition coefficient (Wildman–Crippen LogP) is 4.51. The molecule has 17 heavy (non-hydrogen) atoms. The zero-order valence-corrected chi connectivity index (χ0v) is 13.6. The summed E-state index contributed by atoms with van der Waals surface area (Å²) in [7, 11) is 0. The number of halogens is 4. The molecule has 0 saturated heterocycles. The molecule has 0 fully saturated rings. The minimum absolute atomic E-state index is 0.196. The maximum Gasteiger partial charge on any atom is 0.264 e. The van der Waals surface area contributed by atoms with Gasteiger partial charge in [0, 0.05) is 10.6 Å². The second-order valence-corrected chi connectivity index (χ2v) is 5.76. The van der Waals surface area contributed by atoms with Crippen molar-refractivity contribution >= 4 is 65.3 Å². The molecular weight excluding hydrogens is 439 g/mol. The lowest BCUT2D eigenvalue weighted by molar-refractivity contribution is 0.0955. The Morgan fingerprint density at radius 1 is 1.18 bits per heavy atom. The molecule has 7 heteroatoms. The Morgan fingerprint density at radius 3 is 2.24 bits per heavy atom. The summed E-state index contributed by atoms with van der Waals surface area (Å²) in [6.45, 7) is 0. The first-order valence-corrected chi connectivity index (χ1v) is 7.16. The van der Waals surface area contributed by atoms with Crippen LogP contribution in [-0.2, 0) is 0 Å². The number of hydrogen-bond donors (Lipinski definition) is 0. The van der Waals surface area contributed by atoms with E-state index < -0.39 is 0 Å². The highest BCUT2D eigenvalue weighted by Crippen LogP contribution is 2.27. The number of carbonyl (C=O) groups is 1. The molecule has 2 rings (SSSR count). The van der Waals surface area contributed by atoms with Gasteiger partial charge in [0.25, 0.3) is 5.91 Å². The molecule has 0 unspecified atom stereocenters. The Bertz CT molecular complexity index is 580. The maximum absolute atomic E-state index is 12.2. The lowest BCUT2D eigenvalue weighted by Crippen LogP contribution is -2.12. The molecule has 1 aromatic carbocycles. The number of hydrogen-bond acceptors (Lipinski definition) is 2. The summed E-state index contributed by atoms with van der Waals surface area (Å²) in [5.74, 6) is -0.196. The lowest BCUT2D eigenvalue weighted by Gasteiger charge is -2.04. The summed E-state index contributed by atoms with van der Waals surface area (Å²) in [5.41, 5.74) is 0.528. The van der Waals surface area contributed by atoms with Gasteiger partial charge in [0.1, 0.15) is 9.21 Å². The molecule has 0 N–H and O–H groups in total. The fourth-order valence-electron chi connectivity index (χ4n) is 1.24. The molecule has 0 aliphatic rings. The summed E-state index contributed by atoms with van der Waals surface area (Å²) in [6.07, 6.45) is 0. The van der Waals surface area contributed by atoms with Crippen LogP contribution >= 0.6 is 59.4 Å². The van der Waals surface area contributed by atoms with E-state index in [0.717, 1.165) is 0 Å². The lowest BCUT2D eigenvalue weighted by atomic mass is 10.2. The van der Waals surface area contributed by atoms with Crippen LogP contribution < -0.4 is 0 Å². The van der Waals surface area contributed by atoms with Crippen molar-refractivity contribution in [3.05, 3.63) is 48.8 Å². The van der Waals surface area contributed by atoms with Crippen molar-refractivity contribution < 1.29 is 4.79 Å². The van der Waals surface area contributed by atoms with E-state index >= 15 is 0 Å². The van der Waals surface area contributed by atoms with Crippen molar-refractivity contribution in [3.63, 3.8) is 0 Å². The van der Waals surface area contributed by atoms with E-state index in [9.17, 15) is 4.79 Å². The van der Waals surface area contributed by atoms with Gasteiger partial charge in [-0.15, -0.1) is 0 Å². The third-order valence-corrected chi connectivity index (χ3v) is 4.63. The zero-order valence-electron chi connectivity index (χ0n) is 8.12. The first-order valence-electron chi connectivity index (χ1n) is 4.40.